The Morgan fingerprint density at radius 3 is 2.55 bits per heavy atom. The highest BCUT2D eigenvalue weighted by Crippen LogP contribution is 2.33. The first kappa shape index (κ1) is 14.7. The van der Waals surface area contributed by atoms with Crippen LogP contribution in [0.15, 0.2) is 18.2 Å². The minimum absolute atomic E-state index is 0.165. The zero-order valence-corrected chi connectivity index (χ0v) is 11.3. The quantitative estimate of drug-likeness (QED) is 0.893. The number of aryl methyl sites for hydroxylation is 1. The predicted octanol–water partition coefficient (Wildman–Crippen LogP) is 3.09. The van der Waals surface area contributed by atoms with E-state index >= 15 is 0 Å². The fourth-order valence-electron chi connectivity index (χ4n) is 1.89. The topological polar surface area (TPSA) is 41.1 Å². The molecule has 110 valence electrons. The summed E-state index contributed by atoms with van der Waals surface area (Å²) in [6, 6.07) is 3.65. The van der Waals surface area contributed by atoms with E-state index < -0.39 is 17.8 Å². The second-order valence-electron chi connectivity index (χ2n) is 5.18. The molecule has 1 aromatic carbocycles. The molecule has 0 aliphatic heterocycles. The number of nitrogens with one attached hydrogen (secondary N) is 2. The van der Waals surface area contributed by atoms with Gasteiger partial charge in [0, 0.05) is 11.7 Å². The zero-order valence-electron chi connectivity index (χ0n) is 11.3. The Morgan fingerprint density at radius 2 is 2.00 bits per heavy atom. The fraction of sp³-hybridized carbons (Fsp3) is 0.500. The van der Waals surface area contributed by atoms with E-state index in [9.17, 15) is 18.0 Å². The number of anilines is 1. The van der Waals surface area contributed by atoms with Gasteiger partial charge in [-0.2, -0.15) is 13.2 Å². The van der Waals surface area contributed by atoms with Gasteiger partial charge in [-0.3, -0.25) is 4.79 Å². The van der Waals surface area contributed by atoms with Crippen LogP contribution in [0.25, 0.3) is 0 Å². The van der Waals surface area contributed by atoms with E-state index in [0.29, 0.717) is 5.69 Å². The van der Waals surface area contributed by atoms with E-state index in [-0.39, 0.29) is 17.5 Å². The van der Waals surface area contributed by atoms with Crippen LogP contribution in [0.3, 0.4) is 0 Å². The van der Waals surface area contributed by atoms with Gasteiger partial charge in [0.25, 0.3) is 0 Å². The second kappa shape index (κ2) is 5.34. The summed E-state index contributed by atoms with van der Waals surface area (Å²) < 4.78 is 38.4. The molecule has 2 N–H and O–H groups in total. The first-order chi connectivity index (χ1) is 9.27. The van der Waals surface area contributed by atoms with Crippen molar-refractivity contribution in [3.8, 4) is 0 Å². The number of carbonyl (C=O) groups is 1. The number of halogens is 3. The lowest BCUT2D eigenvalue weighted by Gasteiger charge is -2.17. The smallest absolute Gasteiger partial charge is 0.374 e. The molecule has 6 heteroatoms. The van der Waals surface area contributed by atoms with Crippen LogP contribution in [-0.4, -0.2) is 18.0 Å². The Labute approximate surface area is 115 Å². The van der Waals surface area contributed by atoms with Crippen LogP contribution in [0.5, 0.6) is 0 Å². The predicted molar refractivity (Wildman–Crippen MR) is 70.4 cm³/mol. The van der Waals surface area contributed by atoms with Gasteiger partial charge in [0.1, 0.15) is 6.04 Å². The minimum atomic E-state index is -4.39. The van der Waals surface area contributed by atoms with Crippen molar-refractivity contribution in [1.29, 1.82) is 0 Å². The molecule has 1 aromatic rings. The molecule has 1 fully saturated rings. The van der Waals surface area contributed by atoms with E-state index in [1.54, 1.807) is 13.0 Å². The molecule has 1 amide bonds. The van der Waals surface area contributed by atoms with E-state index in [1.807, 2.05) is 0 Å². The number of rotatable bonds is 4. The summed E-state index contributed by atoms with van der Waals surface area (Å²) >= 11 is 0. The van der Waals surface area contributed by atoms with Gasteiger partial charge in [-0.15, -0.1) is 0 Å². The van der Waals surface area contributed by atoms with Crippen LogP contribution < -0.4 is 10.6 Å². The van der Waals surface area contributed by atoms with Crippen LogP contribution in [0.2, 0.25) is 0 Å². The first-order valence-corrected chi connectivity index (χ1v) is 6.52. The highest BCUT2D eigenvalue weighted by atomic mass is 19.4. The number of benzene rings is 1. The van der Waals surface area contributed by atoms with Gasteiger partial charge >= 0.3 is 6.18 Å². The lowest BCUT2D eigenvalue weighted by atomic mass is 10.1. The molecule has 0 heterocycles. The van der Waals surface area contributed by atoms with Crippen LogP contribution in [0.4, 0.5) is 18.9 Å². The molecule has 0 bridgehead atoms. The summed E-state index contributed by atoms with van der Waals surface area (Å²) in [5.41, 5.74) is -0.225. The molecule has 0 aromatic heterocycles. The van der Waals surface area contributed by atoms with Crippen molar-refractivity contribution in [1.82, 2.24) is 5.32 Å². The molecule has 1 atom stereocenters. The number of carbonyl (C=O) groups excluding carboxylic acids is 1. The number of hydrogen-bond acceptors (Lipinski definition) is 2. The summed E-state index contributed by atoms with van der Waals surface area (Å²) in [4.78, 5) is 11.8. The lowest BCUT2D eigenvalue weighted by Crippen LogP contribution is -2.38. The summed E-state index contributed by atoms with van der Waals surface area (Å²) in [5.74, 6) is -0.193. The van der Waals surface area contributed by atoms with Gasteiger partial charge in [-0.05, 0) is 44.4 Å². The molecule has 0 saturated heterocycles. The normalized spacial score (nSPS) is 16.6. The molecule has 2 rings (SSSR count). The summed E-state index contributed by atoms with van der Waals surface area (Å²) in [5, 5.41) is 5.61. The van der Waals surface area contributed by atoms with E-state index in [1.165, 1.54) is 13.0 Å². The summed E-state index contributed by atoms with van der Waals surface area (Å²) in [6.07, 6.45) is -2.44. The molecule has 0 spiro atoms. The largest absolute Gasteiger partial charge is 0.416 e. The molecule has 3 nitrogen and oxygen atoms in total. The van der Waals surface area contributed by atoms with Crippen molar-refractivity contribution >= 4 is 11.6 Å². The van der Waals surface area contributed by atoms with E-state index in [0.717, 1.165) is 18.9 Å². The Morgan fingerprint density at radius 1 is 1.35 bits per heavy atom. The molecule has 20 heavy (non-hydrogen) atoms. The maximum absolute atomic E-state index is 12.8. The standard InChI is InChI=1S/C14H17F3N2O/c1-8-3-4-11(7-12(8)14(15,16)17)18-9(2)13(20)19-10-5-6-10/h3-4,7,9-10,18H,5-6H2,1-2H3,(H,19,20). The Hall–Kier alpha value is -1.72. The van der Waals surface area contributed by atoms with Gasteiger partial charge in [-0.25, -0.2) is 0 Å². The van der Waals surface area contributed by atoms with Gasteiger partial charge in [0.05, 0.1) is 5.56 Å². The van der Waals surface area contributed by atoms with E-state index in [4.69, 9.17) is 0 Å². The van der Waals surface area contributed by atoms with Crippen LogP contribution >= 0.6 is 0 Å². The molecule has 1 unspecified atom stereocenters. The first-order valence-electron chi connectivity index (χ1n) is 6.52. The maximum atomic E-state index is 12.8. The third-order valence-electron chi connectivity index (χ3n) is 3.24. The van der Waals surface area contributed by atoms with Gasteiger partial charge in [-0.1, -0.05) is 6.07 Å². The Kier molecular flexibility index (Phi) is 3.92. The highest BCUT2D eigenvalue weighted by molar-refractivity contribution is 5.84. The second-order valence-corrected chi connectivity index (χ2v) is 5.18. The fourth-order valence-corrected chi connectivity index (χ4v) is 1.89. The molecule has 1 aliphatic carbocycles. The summed E-state index contributed by atoms with van der Waals surface area (Å²) in [7, 11) is 0. The van der Waals surface area contributed by atoms with Crippen molar-refractivity contribution in [3.63, 3.8) is 0 Å². The van der Waals surface area contributed by atoms with Crippen LogP contribution in [0, 0.1) is 6.92 Å². The van der Waals surface area contributed by atoms with Crippen molar-refractivity contribution in [3.05, 3.63) is 29.3 Å². The molecular formula is C14H17F3N2O. The van der Waals surface area contributed by atoms with E-state index in [2.05, 4.69) is 10.6 Å². The van der Waals surface area contributed by atoms with Gasteiger partial charge < -0.3 is 10.6 Å². The third-order valence-corrected chi connectivity index (χ3v) is 3.24. The monoisotopic (exact) mass is 286 g/mol. The average molecular weight is 286 g/mol. The van der Waals surface area contributed by atoms with Crippen molar-refractivity contribution < 1.29 is 18.0 Å². The lowest BCUT2D eigenvalue weighted by molar-refractivity contribution is -0.138. The van der Waals surface area contributed by atoms with Crippen LogP contribution in [0.1, 0.15) is 30.9 Å². The summed E-state index contributed by atoms with van der Waals surface area (Å²) in [6.45, 7) is 3.04. The maximum Gasteiger partial charge on any atom is 0.416 e. The average Bonchev–Trinajstić information content (AvgIpc) is 3.14. The van der Waals surface area contributed by atoms with Crippen LogP contribution in [-0.2, 0) is 11.0 Å². The highest BCUT2D eigenvalue weighted by Gasteiger charge is 2.32. The number of amides is 1. The molecule has 1 aliphatic rings. The van der Waals surface area contributed by atoms with Gasteiger partial charge in [0.2, 0.25) is 5.91 Å². The number of hydrogen-bond donors (Lipinski definition) is 2. The van der Waals surface area contributed by atoms with Crippen molar-refractivity contribution in [2.45, 2.75) is 44.9 Å². The van der Waals surface area contributed by atoms with Crippen molar-refractivity contribution in [2.24, 2.45) is 0 Å². The number of alkyl halides is 3. The van der Waals surface area contributed by atoms with Gasteiger partial charge in [0.15, 0.2) is 0 Å². The SMILES string of the molecule is Cc1ccc(NC(C)C(=O)NC2CC2)cc1C(F)(F)F. The third kappa shape index (κ3) is 3.65. The van der Waals surface area contributed by atoms with Crippen molar-refractivity contribution in [2.75, 3.05) is 5.32 Å². The Bertz CT molecular complexity index is 510. The Balaban J connectivity index is 2.07. The minimum Gasteiger partial charge on any atom is -0.374 e. The molecule has 1 saturated carbocycles. The zero-order chi connectivity index (χ0) is 14.9. The molecule has 0 radical (unpaired) electrons. The molecular weight excluding hydrogens is 269 g/mol.